The second kappa shape index (κ2) is 6.78. The Morgan fingerprint density at radius 2 is 2.33 bits per heavy atom. The summed E-state index contributed by atoms with van der Waals surface area (Å²) in [4.78, 5) is 11.1. The average molecular weight is 270 g/mol. The molecule has 0 unspecified atom stereocenters. The Bertz CT molecular complexity index is 371. The second-order valence-electron chi connectivity index (χ2n) is 4.45. The molecule has 4 nitrogen and oxygen atoms in total. The van der Waals surface area contributed by atoms with Crippen LogP contribution in [0.5, 0.6) is 5.88 Å². The van der Waals surface area contributed by atoms with Crippen LogP contribution in [-0.4, -0.2) is 35.0 Å². The van der Waals surface area contributed by atoms with Gasteiger partial charge >= 0.3 is 0 Å². The molecule has 0 atom stereocenters. The van der Waals surface area contributed by atoms with Crippen molar-refractivity contribution in [2.45, 2.75) is 38.6 Å². The van der Waals surface area contributed by atoms with Gasteiger partial charge in [0.2, 0.25) is 11.8 Å². The van der Waals surface area contributed by atoms with E-state index in [2.05, 4.69) is 14.9 Å². The summed E-state index contributed by atoms with van der Waals surface area (Å²) in [5, 5.41) is 0. The summed E-state index contributed by atoms with van der Waals surface area (Å²) >= 11 is 5.79. The van der Waals surface area contributed by atoms with Gasteiger partial charge in [-0.2, -0.15) is 4.98 Å². The molecule has 0 amide bonds. The standard InChI is InChI=1S/C13H20ClN3O/c1-2-18-12-7-9-15-13(16-12)17(10-4-8-14)11-5-3-6-11/h7,9,11H,2-6,8,10H2,1H3. The van der Waals surface area contributed by atoms with Gasteiger partial charge < -0.3 is 9.64 Å². The highest BCUT2D eigenvalue weighted by atomic mass is 35.5. The van der Waals surface area contributed by atoms with Crippen molar-refractivity contribution in [2.24, 2.45) is 0 Å². The SMILES string of the molecule is CCOc1ccnc(N(CCCCl)C2CCC2)n1. The Balaban J connectivity index is 2.10. The lowest BCUT2D eigenvalue weighted by molar-refractivity contribution is 0.324. The lowest BCUT2D eigenvalue weighted by Crippen LogP contribution is -2.42. The van der Waals surface area contributed by atoms with Crippen molar-refractivity contribution >= 4 is 17.5 Å². The van der Waals surface area contributed by atoms with Crippen LogP contribution in [0.15, 0.2) is 12.3 Å². The third-order valence-electron chi connectivity index (χ3n) is 3.21. The maximum atomic E-state index is 5.79. The topological polar surface area (TPSA) is 38.2 Å². The first-order valence-corrected chi connectivity index (χ1v) is 7.17. The Kier molecular flexibility index (Phi) is 5.05. The van der Waals surface area contributed by atoms with E-state index in [1.54, 1.807) is 12.3 Å². The number of anilines is 1. The molecule has 1 heterocycles. The molecule has 0 N–H and O–H groups in total. The summed E-state index contributed by atoms with van der Waals surface area (Å²) in [7, 11) is 0. The molecular weight excluding hydrogens is 250 g/mol. The van der Waals surface area contributed by atoms with Crippen molar-refractivity contribution in [1.29, 1.82) is 0 Å². The number of ether oxygens (including phenoxy) is 1. The molecule has 2 rings (SSSR count). The van der Waals surface area contributed by atoms with Crippen LogP contribution in [0.25, 0.3) is 0 Å². The van der Waals surface area contributed by atoms with Crippen molar-refractivity contribution in [3.05, 3.63) is 12.3 Å². The van der Waals surface area contributed by atoms with Crippen molar-refractivity contribution < 1.29 is 4.74 Å². The molecule has 1 saturated carbocycles. The van der Waals surface area contributed by atoms with E-state index in [-0.39, 0.29) is 0 Å². The summed E-state index contributed by atoms with van der Waals surface area (Å²) in [6.45, 7) is 3.50. The second-order valence-corrected chi connectivity index (χ2v) is 4.83. The first kappa shape index (κ1) is 13.4. The molecule has 0 saturated heterocycles. The summed E-state index contributed by atoms with van der Waals surface area (Å²) < 4.78 is 5.43. The van der Waals surface area contributed by atoms with E-state index < -0.39 is 0 Å². The first-order chi connectivity index (χ1) is 8.85. The Morgan fingerprint density at radius 1 is 1.50 bits per heavy atom. The Morgan fingerprint density at radius 3 is 2.94 bits per heavy atom. The van der Waals surface area contributed by atoms with Crippen molar-refractivity contribution in [3.8, 4) is 5.88 Å². The van der Waals surface area contributed by atoms with Crippen LogP contribution in [0.2, 0.25) is 0 Å². The van der Waals surface area contributed by atoms with Gasteiger partial charge in [0.1, 0.15) is 0 Å². The summed E-state index contributed by atoms with van der Waals surface area (Å²) in [5.74, 6) is 2.10. The van der Waals surface area contributed by atoms with Crippen LogP contribution in [-0.2, 0) is 0 Å². The molecule has 1 fully saturated rings. The lowest BCUT2D eigenvalue weighted by atomic mass is 9.91. The molecule has 1 aliphatic carbocycles. The molecule has 0 spiro atoms. The molecule has 0 aromatic carbocycles. The van der Waals surface area contributed by atoms with Gasteiger partial charge in [-0.3, -0.25) is 0 Å². The number of hydrogen-bond donors (Lipinski definition) is 0. The van der Waals surface area contributed by atoms with Gasteiger partial charge in [-0.05, 0) is 32.6 Å². The Hall–Kier alpha value is -1.03. The quantitative estimate of drug-likeness (QED) is 0.714. The van der Waals surface area contributed by atoms with Gasteiger partial charge in [0.15, 0.2) is 0 Å². The van der Waals surface area contributed by atoms with Crippen LogP contribution in [0.3, 0.4) is 0 Å². The van der Waals surface area contributed by atoms with E-state index in [1.807, 2.05) is 6.92 Å². The molecule has 1 aliphatic rings. The van der Waals surface area contributed by atoms with Crippen LogP contribution in [0.1, 0.15) is 32.6 Å². The highest BCUT2D eigenvalue weighted by molar-refractivity contribution is 6.17. The summed E-state index contributed by atoms with van der Waals surface area (Å²) in [6, 6.07) is 2.37. The summed E-state index contributed by atoms with van der Waals surface area (Å²) in [6.07, 6.45) is 6.47. The van der Waals surface area contributed by atoms with E-state index in [0.717, 1.165) is 18.9 Å². The van der Waals surface area contributed by atoms with Gasteiger partial charge in [-0.15, -0.1) is 11.6 Å². The van der Waals surface area contributed by atoms with Crippen LogP contribution in [0, 0.1) is 0 Å². The fourth-order valence-electron chi connectivity index (χ4n) is 2.07. The van der Waals surface area contributed by atoms with E-state index in [9.17, 15) is 0 Å². The monoisotopic (exact) mass is 269 g/mol. The number of aromatic nitrogens is 2. The van der Waals surface area contributed by atoms with E-state index >= 15 is 0 Å². The van der Waals surface area contributed by atoms with Crippen LogP contribution in [0.4, 0.5) is 5.95 Å². The fourth-order valence-corrected chi connectivity index (χ4v) is 2.19. The molecule has 5 heteroatoms. The minimum atomic E-state index is 0.574. The number of halogens is 1. The number of rotatable bonds is 7. The van der Waals surface area contributed by atoms with E-state index in [4.69, 9.17) is 16.3 Å². The minimum Gasteiger partial charge on any atom is -0.478 e. The third kappa shape index (κ3) is 3.25. The maximum Gasteiger partial charge on any atom is 0.228 e. The van der Waals surface area contributed by atoms with Gasteiger partial charge in [0.05, 0.1) is 6.61 Å². The van der Waals surface area contributed by atoms with Gasteiger partial charge in [-0.1, -0.05) is 0 Å². The zero-order chi connectivity index (χ0) is 12.8. The predicted octanol–water partition coefficient (Wildman–Crippen LogP) is 2.86. The Labute approximate surface area is 113 Å². The molecule has 18 heavy (non-hydrogen) atoms. The molecule has 1 aromatic heterocycles. The third-order valence-corrected chi connectivity index (χ3v) is 3.48. The normalized spacial score (nSPS) is 15.2. The predicted molar refractivity (Wildman–Crippen MR) is 73.5 cm³/mol. The minimum absolute atomic E-state index is 0.574. The zero-order valence-electron chi connectivity index (χ0n) is 10.8. The molecule has 1 aromatic rings. The van der Waals surface area contributed by atoms with Crippen LogP contribution >= 0.6 is 11.6 Å². The lowest BCUT2D eigenvalue weighted by Gasteiger charge is -2.37. The van der Waals surface area contributed by atoms with Crippen molar-refractivity contribution in [1.82, 2.24) is 9.97 Å². The number of nitrogens with zero attached hydrogens (tertiary/aromatic N) is 3. The van der Waals surface area contributed by atoms with Gasteiger partial charge in [-0.25, -0.2) is 4.98 Å². The first-order valence-electron chi connectivity index (χ1n) is 6.63. The molecule has 0 radical (unpaired) electrons. The fraction of sp³-hybridized carbons (Fsp3) is 0.692. The molecule has 100 valence electrons. The molecule has 0 aliphatic heterocycles. The highest BCUT2D eigenvalue weighted by Crippen LogP contribution is 2.28. The van der Waals surface area contributed by atoms with Crippen molar-refractivity contribution in [2.75, 3.05) is 23.9 Å². The van der Waals surface area contributed by atoms with Crippen LogP contribution < -0.4 is 9.64 Å². The van der Waals surface area contributed by atoms with Gasteiger partial charge in [0, 0.05) is 30.7 Å². The summed E-state index contributed by atoms with van der Waals surface area (Å²) in [5.41, 5.74) is 0. The maximum absolute atomic E-state index is 5.79. The zero-order valence-corrected chi connectivity index (χ0v) is 11.6. The number of hydrogen-bond acceptors (Lipinski definition) is 4. The van der Waals surface area contributed by atoms with Gasteiger partial charge in [0.25, 0.3) is 0 Å². The average Bonchev–Trinajstić information content (AvgIpc) is 2.33. The van der Waals surface area contributed by atoms with E-state index in [1.165, 1.54) is 19.3 Å². The smallest absolute Gasteiger partial charge is 0.228 e. The van der Waals surface area contributed by atoms with Crippen molar-refractivity contribution in [3.63, 3.8) is 0 Å². The largest absolute Gasteiger partial charge is 0.478 e. The highest BCUT2D eigenvalue weighted by Gasteiger charge is 2.26. The number of alkyl halides is 1. The van der Waals surface area contributed by atoms with E-state index in [0.29, 0.717) is 24.4 Å². The molecular formula is C13H20ClN3O. The molecule has 0 bridgehead atoms.